The number of hydrogen-bond acceptors (Lipinski definition) is 8. The molecule has 3 aromatic rings. The van der Waals surface area contributed by atoms with Crippen molar-refractivity contribution in [2.75, 3.05) is 37.6 Å². The van der Waals surface area contributed by atoms with Gasteiger partial charge in [0.25, 0.3) is 0 Å². The number of nitrogens with one attached hydrogen (secondary N) is 2. The molecule has 0 aliphatic carbocycles. The maximum Gasteiger partial charge on any atom is 0.247 e. The lowest BCUT2D eigenvalue weighted by Crippen LogP contribution is -2.09. The number of carbonyl (C=O) groups is 1. The molecule has 3 heterocycles. The third-order valence-electron chi connectivity index (χ3n) is 5.23. The molecule has 1 amide bonds. The summed E-state index contributed by atoms with van der Waals surface area (Å²) >= 11 is 0. The maximum atomic E-state index is 11.6. The van der Waals surface area contributed by atoms with E-state index in [0.717, 1.165) is 28.8 Å². The molecule has 0 saturated heterocycles. The number of amides is 1. The van der Waals surface area contributed by atoms with Crippen LogP contribution in [0.4, 0.5) is 17.3 Å². The highest BCUT2D eigenvalue weighted by Crippen LogP contribution is 2.30. The van der Waals surface area contributed by atoms with Crippen molar-refractivity contribution in [2.45, 2.75) is 19.6 Å². The second-order valence-corrected chi connectivity index (χ2v) is 7.76. The van der Waals surface area contributed by atoms with Crippen molar-refractivity contribution < 1.29 is 19.0 Å². The molecule has 1 aliphatic rings. The first-order valence-electron chi connectivity index (χ1n) is 11.2. The molecule has 1 aliphatic heterocycles. The number of aromatic nitrogens is 4. The average molecular weight is 477 g/mol. The van der Waals surface area contributed by atoms with Gasteiger partial charge in [0.1, 0.15) is 6.61 Å². The van der Waals surface area contributed by atoms with Crippen LogP contribution < -0.4 is 15.4 Å². The fraction of sp³-hybridized carbons (Fsp3) is 0.280. The summed E-state index contributed by atoms with van der Waals surface area (Å²) in [6, 6.07) is 7.44. The van der Waals surface area contributed by atoms with Crippen molar-refractivity contribution in [2.24, 2.45) is 0 Å². The number of ether oxygens (including phenoxy) is 3. The van der Waals surface area contributed by atoms with Crippen LogP contribution in [0.2, 0.25) is 0 Å². The average Bonchev–Trinajstić information content (AvgIpc) is 3.34. The molecule has 0 radical (unpaired) electrons. The molecule has 1 aromatic carbocycles. The van der Waals surface area contributed by atoms with E-state index in [0.29, 0.717) is 43.9 Å². The zero-order valence-corrected chi connectivity index (χ0v) is 19.6. The summed E-state index contributed by atoms with van der Waals surface area (Å²) in [6.07, 6.45) is 9.33. The molecule has 2 N–H and O–H groups in total. The molecular formula is C25H28N6O4. The van der Waals surface area contributed by atoms with Crippen LogP contribution in [0.1, 0.15) is 17.5 Å². The molecule has 182 valence electrons. The first-order chi connectivity index (χ1) is 17.1. The highest BCUT2D eigenvalue weighted by molar-refractivity contribution is 5.98. The Morgan fingerprint density at radius 2 is 2.23 bits per heavy atom. The molecule has 0 saturated carbocycles. The first kappa shape index (κ1) is 24.1. The minimum absolute atomic E-state index is 0.264. The minimum atomic E-state index is -0.270. The standard InChI is InChI=1S/C25H28N6O4/c1-3-23(32)28-20-6-4-5-18(13-20)17-35-24-22(19-7-10-34-11-8-19)15-26-25(30-24)29-21-14-27-31(16-21)9-12-33-2/h3-7,13-16H,1,8-12,17H2,2H3,(H,28,32)(H,26,29,30). The summed E-state index contributed by atoms with van der Waals surface area (Å²) in [5.74, 6) is 0.589. The van der Waals surface area contributed by atoms with E-state index in [2.05, 4.69) is 32.3 Å². The minimum Gasteiger partial charge on any atom is -0.472 e. The fourth-order valence-corrected chi connectivity index (χ4v) is 3.48. The van der Waals surface area contributed by atoms with E-state index >= 15 is 0 Å². The van der Waals surface area contributed by atoms with Crippen LogP contribution in [0, 0.1) is 0 Å². The van der Waals surface area contributed by atoms with Gasteiger partial charge in [-0.05, 0) is 35.8 Å². The Balaban J connectivity index is 1.53. The summed E-state index contributed by atoms with van der Waals surface area (Å²) in [5, 5.41) is 10.2. The third-order valence-corrected chi connectivity index (χ3v) is 5.23. The normalized spacial score (nSPS) is 13.1. The molecule has 0 bridgehead atoms. The number of hydrogen-bond donors (Lipinski definition) is 2. The number of methoxy groups -OCH3 is 1. The van der Waals surface area contributed by atoms with E-state index < -0.39 is 0 Å². The van der Waals surface area contributed by atoms with Crippen molar-refractivity contribution in [1.29, 1.82) is 0 Å². The molecule has 0 atom stereocenters. The molecule has 0 spiro atoms. The van der Waals surface area contributed by atoms with Gasteiger partial charge >= 0.3 is 0 Å². The topological polar surface area (TPSA) is 112 Å². The lowest BCUT2D eigenvalue weighted by molar-refractivity contribution is -0.111. The Morgan fingerprint density at radius 1 is 1.31 bits per heavy atom. The van der Waals surface area contributed by atoms with Crippen LogP contribution in [0.25, 0.3) is 5.57 Å². The molecule has 10 nitrogen and oxygen atoms in total. The summed E-state index contributed by atoms with van der Waals surface area (Å²) in [5.41, 5.74) is 4.21. The van der Waals surface area contributed by atoms with Gasteiger partial charge < -0.3 is 24.8 Å². The van der Waals surface area contributed by atoms with E-state index in [4.69, 9.17) is 14.2 Å². The lowest BCUT2D eigenvalue weighted by Gasteiger charge is -2.17. The smallest absolute Gasteiger partial charge is 0.247 e. The zero-order chi connectivity index (χ0) is 24.5. The first-order valence-corrected chi connectivity index (χ1v) is 11.2. The lowest BCUT2D eigenvalue weighted by atomic mass is 10.0. The number of carbonyl (C=O) groups excluding carboxylic acids is 1. The highest BCUT2D eigenvalue weighted by Gasteiger charge is 2.16. The van der Waals surface area contributed by atoms with Crippen LogP contribution in [0.15, 0.2) is 61.6 Å². The van der Waals surface area contributed by atoms with Crippen LogP contribution in [0.5, 0.6) is 5.88 Å². The van der Waals surface area contributed by atoms with E-state index in [1.165, 1.54) is 6.08 Å². The van der Waals surface area contributed by atoms with Gasteiger partial charge in [0.05, 0.1) is 43.8 Å². The van der Waals surface area contributed by atoms with Gasteiger partial charge in [-0.3, -0.25) is 9.48 Å². The van der Waals surface area contributed by atoms with E-state index in [1.807, 2.05) is 36.5 Å². The molecule has 0 fully saturated rings. The van der Waals surface area contributed by atoms with Gasteiger partial charge in [0.2, 0.25) is 17.7 Å². The van der Waals surface area contributed by atoms with Gasteiger partial charge in [0.15, 0.2) is 0 Å². The predicted octanol–water partition coefficient (Wildman–Crippen LogP) is 3.57. The van der Waals surface area contributed by atoms with Gasteiger partial charge in [-0.15, -0.1) is 0 Å². The van der Waals surface area contributed by atoms with Crippen LogP contribution in [-0.2, 0) is 27.4 Å². The number of nitrogens with zero attached hydrogens (tertiary/aromatic N) is 4. The Bertz CT molecular complexity index is 1210. The summed E-state index contributed by atoms with van der Waals surface area (Å²) < 4.78 is 18.5. The fourth-order valence-electron chi connectivity index (χ4n) is 3.48. The summed E-state index contributed by atoms with van der Waals surface area (Å²) in [7, 11) is 1.65. The number of benzene rings is 1. The molecule has 4 rings (SSSR count). The van der Waals surface area contributed by atoms with Crippen LogP contribution >= 0.6 is 0 Å². The van der Waals surface area contributed by atoms with Gasteiger partial charge in [-0.1, -0.05) is 24.8 Å². The maximum absolute atomic E-state index is 11.6. The van der Waals surface area contributed by atoms with Crippen LogP contribution in [0.3, 0.4) is 0 Å². The monoisotopic (exact) mass is 476 g/mol. The van der Waals surface area contributed by atoms with Crippen LogP contribution in [-0.4, -0.2) is 52.6 Å². The Kier molecular flexibility index (Phi) is 8.21. The highest BCUT2D eigenvalue weighted by atomic mass is 16.5. The number of anilines is 3. The van der Waals surface area contributed by atoms with Crippen molar-refractivity contribution in [3.63, 3.8) is 0 Å². The Morgan fingerprint density at radius 3 is 3.03 bits per heavy atom. The van der Waals surface area contributed by atoms with E-state index in [9.17, 15) is 4.79 Å². The van der Waals surface area contributed by atoms with Crippen molar-refractivity contribution >= 4 is 28.8 Å². The van der Waals surface area contributed by atoms with E-state index in [1.54, 1.807) is 24.2 Å². The second-order valence-electron chi connectivity index (χ2n) is 7.76. The predicted molar refractivity (Wildman–Crippen MR) is 132 cm³/mol. The quantitative estimate of drug-likeness (QED) is 0.404. The molecule has 35 heavy (non-hydrogen) atoms. The van der Waals surface area contributed by atoms with Crippen molar-refractivity contribution in [3.8, 4) is 5.88 Å². The van der Waals surface area contributed by atoms with Gasteiger partial charge in [-0.25, -0.2) is 4.98 Å². The van der Waals surface area contributed by atoms with Crippen molar-refractivity contribution in [1.82, 2.24) is 19.7 Å². The zero-order valence-electron chi connectivity index (χ0n) is 19.6. The molecule has 2 aromatic heterocycles. The SMILES string of the molecule is C=CC(=O)Nc1cccc(COc2nc(Nc3cnn(CCOC)c3)ncc2C2=CCOCC2)c1. The van der Waals surface area contributed by atoms with Crippen molar-refractivity contribution in [3.05, 3.63) is 72.7 Å². The van der Waals surface area contributed by atoms with Gasteiger partial charge in [-0.2, -0.15) is 10.1 Å². The van der Waals surface area contributed by atoms with Gasteiger partial charge in [0, 0.05) is 25.2 Å². The summed E-state index contributed by atoms with van der Waals surface area (Å²) in [4.78, 5) is 20.8. The third kappa shape index (κ3) is 6.75. The largest absolute Gasteiger partial charge is 0.472 e. The number of rotatable bonds is 11. The van der Waals surface area contributed by atoms with E-state index in [-0.39, 0.29) is 12.5 Å². The molecule has 10 heteroatoms. The Labute approximate surface area is 203 Å². The molecular weight excluding hydrogens is 448 g/mol. The molecule has 0 unspecified atom stereocenters. The summed E-state index contributed by atoms with van der Waals surface area (Å²) in [6.45, 7) is 6.14. The Hall–Kier alpha value is -4.02. The second kappa shape index (κ2) is 11.9.